The third kappa shape index (κ3) is 3.57. The van der Waals surface area contributed by atoms with Crippen molar-refractivity contribution in [1.29, 1.82) is 0 Å². The Morgan fingerprint density at radius 1 is 1.35 bits per heavy atom. The van der Waals surface area contributed by atoms with Gasteiger partial charge in [0.1, 0.15) is 5.82 Å². The molecule has 1 N–H and O–H groups in total. The lowest BCUT2D eigenvalue weighted by Crippen LogP contribution is -2.37. The van der Waals surface area contributed by atoms with Crippen molar-refractivity contribution in [1.82, 2.24) is 10.2 Å². The lowest BCUT2D eigenvalue weighted by atomic mass is 9.91. The maximum Gasteiger partial charge on any atom is 0.226 e. The second-order valence-electron chi connectivity index (χ2n) is 7.07. The molecule has 3 nitrogen and oxygen atoms in total. The van der Waals surface area contributed by atoms with E-state index < -0.39 is 0 Å². The fraction of sp³-hybridized carbons (Fsp3) is 0.632. The molecule has 1 atom stereocenters. The van der Waals surface area contributed by atoms with Crippen LogP contribution >= 0.6 is 0 Å². The molecule has 4 heteroatoms. The highest BCUT2D eigenvalue weighted by Gasteiger charge is 2.58. The molecule has 1 spiro atoms. The van der Waals surface area contributed by atoms with Crippen molar-refractivity contribution >= 4 is 5.91 Å². The smallest absolute Gasteiger partial charge is 0.226 e. The summed E-state index contributed by atoms with van der Waals surface area (Å²) in [5, 5.41) is 3.38. The van der Waals surface area contributed by atoms with Crippen molar-refractivity contribution < 1.29 is 9.18 Å². The van der Waals surface area contributed by atoms with Gasteiger partial charge < -0.3 is 10.2 Å². The lowest BCUT2D eigenvalue weighted by Gasteiger charge is -2.27. The highest BCUT2D eigenvalue weighted by molar-refractivity contribution is 5.82. The molecule has 126 valence electrons. The SMILES string of the molecule is CCCCN(Cc1ccccc1F)C(=O)C1CC12CCNCC2. The zero-order valence-electron chi connectivity index (χ0n) is 14.0. The first-order valence-corrected chi connectivity index (χ1v) is 8.89. The van der Waals surface area contributed by atoms with Crippen molar-refractivity contribution in [3.63, 3.8) is 0 Å². The third-order valence-electron chi connectivity index (χ3n) is 5.50. The summed E-state index contributed by atoms with van der Waals surface area (Å²) in [6, 6.07) is 6.80. The van der Waals surface area contributed by atoms with Crippen LogP contribution in [-0.4, -0.2) is 30.4 Å². The number of carbonyl (C=O) groups excluding carboxylic acids is 1. The standard InChI is InChI=1S/C19H27FN2O/c1-2-3-12-22(14-15-6-4-5-7-17(15)20)18(23)16-13-19(16)8-10-21-11-9-19/h4-7,16,21H,2-3,8-14H2,1H3. The molecule has 0 radical (unpaired) electrons. The molecule has 0 bridgehead atoms. The number of piperidine rings is 1. The van der Waals surface area contributed by atoms with Crippen LogP contribution in [0.1, 0.15) is 44.6 Å². The summed E-state index contributed by atoms with van der Waals surface area (Å²) in [4.78, 5) is 14.9. The van der Waals surface area contributed by atoms with Gasteiger partial charge in [-0.1, -0.05) is 31.5 Å². The molecule has 1 aliphatic heterocycles. The summed E-state index contributed by atoms with van der Waals surface area (Å²) in [5.41, 5.74) is 0.860. The Hall–Kier alpha value is -1.42. The van der Waals surface area contributed by atoms with E-state index in [4.69, 9.17) is 0 Å². The van der Waals surface area contributed by atoms with Gasteiger partial charge >= 0.3 is 0 Å². The number of nitrogens with zero attached hydrogens (tertiary/aromatic N) is 1. The molecule has 1 unspecified atom stereocenters. The maximum atomic E-state index is 14.0. The maximum absolute atomic E-state index is 14.0. The van der Waals surface area contributed by atoms with E-state index in [-0.39, 0.29) is 23.1 Å². The van der Waals surface area contributed by atoms with Crippen molar-refractivity contribution in [3.05, 3.63) is 35.6 Å². The molecule has 1 saturated heterocycles. The number of nitrogens with one attached hydrogen (secondary N) is 1. The normalized spacial score (nSPS) is 22.1. The topological polar surface area (TPSA) is 32.3 Å². The Balaban J connectivity index is 1.69. The summed E-state index contributed by atoms with van der Waals surface area (Å²) in [6.45, 7) is 5.29. The van der Waals surface area contributed by atoms with Crippen LogP contribution in [0.5, 0.6) is 0 Å². The number of rotatable bonds is 6. The Bertz CT molecular complexity index is 554. The van der Waals surface area contributed by atoms with Gasteiger partial charge in [0, 0.05) is 24.6 Å². The molecule has 23 heavy (non-hydrogen) atoms. The van der Waals surface area contributed by atoms with Crippen molar-refractivity contribution in [2.24, 2.45) is 11.3 Å². The van der Waals surface area contributed by atoms with Gasteiger partial charge in [-0.2, -0.15) is 0 Å². The minimum atomic E-state index is -0.214. The Morgan fingerprint density at radius 3 is 2.78 bits per heavy atom. The molecule has 1 aromatic rings. The highest BCUT2D eigenvalue weighted by atomic mass is 19.1. The molecular weight excluding hydrogens is 291 g/mol. The van der Waals surface area contributed by atoms with Gasteiger partial charge in [-0.3, -0.25) is 4.79 Å². The minimum Gasteiger partial charge on any atom is -0.338 e. The minimum absolute atomic E-state index is 0.160. The summed E-state index contributed by atoms with van der Waals surface area (Å²) >= 11 is 0. The van der Waals surface area contributed by atoms with Gasteiger partial charge in [-0.25, -0.2) is 4.39 Å². The number of benzene rings is 1. The van der Waals surface area contributed by atoms with Crippen LogP contribution in [0, 0.1) is 17.2 Å². The summed E-state index contributed by atoms with van der Waals surface area (Å²) in [6.07, 6.45) is 5.24. The van der Waals surface area contributed by atoms with E-state index >= 15 is 0 Å². The molecule has 2 aliphatic rings. The number of amides is 1. The number of hydrogen-bond donors (Lipinski definition) is 1. The number of carbonyl (C=O) groups is 1. The first kappa shape index (κ1) is 16.4. The van der Waals surface area contributed by atoms with E-state index in [9.17, 15) is 9.18 Å². The summed E-state index contributed by atoms with van der Waals surface area (Å²) < 4.78 is 14.0. The fourth-order valence-electron chi connectivity index (χ4n) is 3.84. The molecule has 0 aromatic heterocycles. The van der Waals surface area contributed by atoms with Crippen LogP contribution in [0.3, 0.4) is 0 Å². The predicted octanol–water partition coefficient (Wildman–Crippen LogP) is 3.34. The number of hydrogen-bond acceptors (Lipinski definition) is 2. The van der Waals surface area contributed by atoms with Gasteiger partial charge in [0.05, 0.1) is 0 Å². The van der Waals surface area contributed by atoms with Crippen molar-refractivity contribution in [2.75, 3.05) is 19.6 Å². The second-order valence-corrected chi connectivity index (χ2v) is 7.07. The number of unbranched alkanes of at least 4 members (excludes halogenated alkanes) is 1. The number of halogens is 1. The first-order valence-electron chi connectivity index (χ1n) is 8.89. The van der Waals surface area contributed by atoms with Crippen molar-refractivity contribution in [2.45, 2.75) is 45.6 Å². The average molecular weight is 318 g/mol. The molecule has 1 heterocycles. The lowest BCUT2D eigenvalue weighted by molar-refractivity contribution is -0.134. The van der Waals surface area contributed by atoms with Crippen LogP contribution in [0.25, 0.3) is 0 Å². The molecule has 1 aromatic carbocycles. The van der Waals surface area contributed by atoms with E-state index in [1.807, 2.05) is 11.0 Å². The van der Waals surface area contributed by atoms with Crippen LogP contribution in [0.4, 0.5) is 4.39 Å². The quantitative estimate of drug-likeness (QED) is 0.872. The zero-order chi connectivity index (χ0) is 16.3. The second kappa shape index (κ2) is 7.00. The Morgan fingerprint density at radius 2 is 2.09 bits per heavy atom. The molecule has 2 fully saturated rings. The van der Waals surface area contributed by atoms with Crippen LogP contribution in [0.15, 0.2) is 24.3 Å². The fourth-order valence-corrected chi connectivity index (χ4v) is 3.84. The van der Waals surface area contributed by atoms with Gasteiger partial charge in [0.25, 0.3) is 0 Å². The summed E-state index contributed by atoms with van der Waals surface area (Å²) in [5.74, 6) is 0.186. The van der Waals surface area contributed by atoms with E-state index in [1.54, 1.807) is 12.1 Å². The third-order valence-corrected chi connectivity index (χ3v) is 5.50. The monoisotopic (exact) mass is 318 g/mol. The van der Waals surface area contributed by atoms with E-state index in [0.29, 0.717) is 12.1 Å². The van der Waals surface area contributed by atoms with Gasteiger partial charge in [-0.05, 0) is 50.3 Å². The largest absolute Gasteiger partial charge is 0.338 e. The van der Waals surface area contributed by atoms with E-state index in [0.717, 1.165) is 51.7 Å². The van der Waals surface area contributed by atoms with Gasteiger partial charge in [0.2, 0.25) is 5.91 Å². The molecule has 1 aliphatic carbocycles. The van der Waals surface area contributed by atoms with Crippen LogP contribution in [-0.2, 0) is 11.3 Å². The van der Waals surface area contributed by atoms with Crippen LogP contribution in [0.2, 0.25) is 0 Å². The molecule has 3 rings (SSSR count). The summed E-state index contributed by atoms with van der Waals surface area (Å²) in [7, 11) is 0. The van der Waals surface area contributed by atoms with Gasteiger partial charge in [0.15, 0.2) is 0 Å². The highest BCUT2D eigenvalue weighted by Crippen LogP contribution is 2.59. The Labute approximate surface area is 138 Å². The van der Waals surface area contributed by atoms with Crippen molar-refractivity contribution in [3.8, 4) is 0 Å². The van der Waals surface area contributed by atoms with Gasteiger partial charge in [-0.15, -0.1) is 0 Å². The zero-order valence-corrected chi connectivity index (χ0v) is 14.0. The molecule has 1 amide bonds. The predicted molar refractivity (Wildman–Crippen MR) is 89.4 cm³/mol. The first-order chi connectivity index (χ1) is 11.2. The van der Waals surface area contributed by atoms with E-state index in [1.165, 1.54) is 6.07 Å². The molecular formula is C19H27FN2O. The van der Waals surface area contributed by atoms with E-state index in [2.05, 4.69) is 12.2 Å². The van der Waals surface area contributed by atoms with Crippen LogP contribution < -0.4 is 5.32 Å². The Kier molecular flexibility index (Phi) is 5.00. The molecule has 1 saturated carbocycles. The average Bonchev–Trinajstić information content (AvgIpc) is 3.26.